The van der Waals surface area contributed by atoms with Gasteiger partial charge in [0, 0.05) is 18.0 Å². The summed E-state index contributed by atoms with van der Waals surface area (Å²) in [5.41, 5.74) is 4.15. The Morgan fingerprint density at radius 3 is 2.50 bits per heavy atom. The molecule has 7 nitrogen and oxygen atoms in total. The van der Waals surface area contributed by atoms with E-state index < -0.39 is 23.4 Å². The minimum atomic E-state index is -1.34. The van der Waals surface area contributed by atoms with E-state index in [-0.39, 0.29) is 11.4 Å². The van der Waals surface area contributed by atoms with Gasteiger partial charge in [-0.25, -0.2) is 9.78 Å². The average Bonchev–Trinajstić information content (AvgIpc) is 3.05. The SMILES string of the molecule is CC1(C(=O)O)C=CC=C(C(=O)O)C1N.CCCC(=O)c1nccs1. The first-order valence-corrected chi connectivity index (χ1v) is 8.16. The van der Waals surface area contributed by atoms with Crippen molar-refractivity contribution in [2.45, 2.75) is 32.7 Å². The highest BCUT2D eigenvalue weighted by atomic mass is 32.1. The Morgan fingerprint density at radius 2 is 2.04 bits per heavy atom. The van der Waals surface area contributed by atoms with Gasteiger partial charge >= 0.3 is 11.9 Å². The van der Waals surface area contributed by atoms with Crippen LogP contribution in [0.3, 0.4) is 0 Å². The molecule has 0 saturated carbocycles. The summed E-state index contributed by atoms with van der Waals surface area (Å²) >= 11 is 1.41. The molecule has 24 heavy (non-hydrogen) atoms. The summed E-state index contributed by atoms with van der Waals surface area (Å²) in [5, 5.41) is 20.1. The molecule has 0 bridgehead atoms. The first kappa shape index (κ1) is 19.7. The molecule has 2 rings (SSSR count). The number of Topliss-reactive ketones (excluding diaryl/α,β-unsaturated/α-hetero) is 1. The monoisotopic (exact) mass is 352 g/mol. The third-order valence-corrected chi connectivity index (χ3v) is 4.37. The van der Waals surface area contributed by atoms with E-state index in [9.17, 15) is 14.4 Å². The fourth-order valence-electron chi connectivity index (χ4n) is 1.99. The Morgan fingerprint density at radius 1 is 1.38 bits per heavy atom. The number of aromatic nitrogens is 1. The van der Waals surface area contributed by atoms with Gasteiger partial charge in [-0.2, -0.15) is 0 Å². The van der Waals surface area contributed by atoms with Crippen LogP contribution in [0.4, 0.5) is 0 Å². The number of allylic oxidation sites excluding steroid dienone is 2. The number of hydrogen-bond donors (Lipinski definition) is 3. The van der Waals surface area contributed by atoms with Gasteiger partial charge in [0.05, 0.1) is 11.6 Å². The molecular weight excluding hydrogens is 332 g/mol. The smallest absolute Gasteiger partial charge is 0.333 e. The summed E-state index contributed by atoms with van der Waals surface area (Å²) in [6.45, 7) is 3.39. The number of aliphatic carboxylic acids is 2. The molecule has 0 fully saturated rings. The summed E-state index contributed by atoms with van der Waals surface area (Å²) in [6, 6.07) is -1.03. The average molecular weight is 352 g/mol. The van der Waals surface area contributed by atoms with E-state index in [4.69, 9.17) is 15.9 Å². The predicted molar refractivity (Wildman–Crippen MR) is 89.9 cm³/mol. The Bertz CT molecular complexity index is 666. The molecule has 1 heterocycles. The molecule has 0 aromatic carbocycles. The van der Waals surface area contributed by atoms with Gasteiger partial charge in [-0.3, -0.25) is 9.59 Å². The summed E-state index contributed by atoms with van der Waals surface area (Å²) in [5.74, 6) is -2.15. The third kappa shape index (κ3) is 4.59. The summed E-state index contributed by atoms with van der Waals surface area (Å²) in [7, 11) is 0. The highest BCUT2D eigenvalue weighted by Gasteiger charge is 2.42. The van der Waals surface area contributed by atoms with Crippen molar-refractivity contribution >= 4 is 29.1 Å². The third-order valence-electron chi connectivity index (χ3n) is 3.56. The molecule has 0 aliphatic heterocycles. The van der Waals surface area contributed by atoms with Crippen molar-refractivity contribution in [2.75, 3.05) is 0 Å². The molecule has 8 heteroatoms. The van der Waals surface area contributed by atoms with Crippen molar-refractivity contribution in [1.29, 1.82) is 0 Å². The van der Waals surface area contributed by atoms with Crippen molar-refractivity contribution < 1.29 is 24.6 Å². The maximum Gasteiger partial charge on any atom is 0.333 e. The fourth-order valence-corrected chi connectivity index (χ4v) is 2.59. The normalized spacial score (nSPS) is 22.1. The topological polar surface area (TPSA) is 131 Å². The number of carboxylic acid groups (broad SMARTS) is 2. The van der Waals surface area contributed by atoms with E-state index in [1.165, 1.54) is 36.5 Å². The van der Waals surface area contributed by atoms with Crippen LogP contribution in [0.15, 0.2) is 35.4 Å². The van der Waals surface area contributed by atoms with Crippen LogP contribution < -0.4 is 5.73 Å². The van der Waals surface area contributed by atoms with Crippen LogP contribution in [0, 0.1) is 5.41 Å². The minimum absolute atomic E-state index is 0.0857. The quantitative estimate of drug-likeness (QED) is 0.692. The number of rotatable bonds is 5. The molecule has 0 spiro atoms. The van der Waals surface area contributed by atoms with Crippen LogP contribution in [0.25, 0.3) is 0 Å². The van der Waals surface area contributed by atoms with Gasteiger partial charge in [0.1, 0.15) is 5.41 Å². The maximum atomic E-state index is 11.1. The molecule has 1 aliphatic rings. The molecule has 2 atom stereocenters. The number of carbonyl (C=O) groups is 3. The standard InChI is InChI=1S/C9H11NO4.C7H9NOS/c1-9(8(13)14)4-2-3-5(6(9)10)7(11)12;1-2-3-6(9)7-8-4-5-10-7/h2-4,6H,10H2,1H3,(H,11,12)(H,13,14);4-5H,2-3H2,1H3. The zero-order valence-electron chi connectivity index (χ0n) is 13.4. The fraction of sp³-hybridized carbons (Fsp3) is 0.375. The molecule has 1 aromatic rings. The van der Waals surface area contributed by atoms with Gasteiger partial charge in [0.25, 0.3) is 0 Å². The molecule has 0 amide bonds. The second-order valence-electron chi connectivity index (χ2n) is 5.36. The number of carbonyl (C=O) groups excluding carboxylic acids is 1. The zero-order valence-corrected chi connectivity index (χ0v) is 14.2. The van der Waals surface area contributed by atoms with Gasteiger partial charge < -0.3 is 15.9 Å². The molecule has 1 aromatic heterocycles. The lowest BCUT2D eigenvalue weighted by Crippen LogP contribution is -2.48. The van der Waals surface area contributed by atoms with Gasteiger partial charge in [0.15, 0.2) is 10.8 Å². The first-order chi connectivity index (χ1) is 11.2. The molecule has 130 valence electrons. The summed E-state index contributed by atoms with van der Waals surface area (Å²) in [6.07, 6.45) is 7.30. The van der Waals surface area contributed by atoms with Crippen LogP contribution in [-0.2, 0) is 9.59 Å². The van der Waals surface area contributed by atoms with E-state index in [0.717, 1.165) is 6.42 Å². The molecule has 2 unspecified atom stereocenters. The lowest BCUT2D eigenvalue weighted by Gasteiger charge is -2.30. The van der Waals surface area contributed by atoms with Crippen molar-refractivity contribution in [3.8, 4) is 0 Å². The van der Waals surface area contributed by atoms with Crippen molar-refractivity contribution in [3.63, 3.8) is 0 Å². The van der Waals surface area contributed by atoms with E-state index in [1.54, 1.807) is 6.20 Å². The Hall–Kier alpha value is -2.32. The molecule has 1 aliphatic carbocycles. The number of thiazole rings is 1. The number of carboxylic acids is 2. The van der Waals surface area contributed by atoms with Gasteiger partial charge in [-0.15, -0.1) is 11.3 Å². The van der Waals surface area contributed by atoms with E-state index >= 15 is 0 Å². The van der Waals surface area contributed by atoms with Crippen LogP contribution in [0.2, 0.25) is 0 Å². The predicted octanol–water partition coefficient (Wildman–Crippen LogP) is 2.11. The zero-order chi connectivity index (χ0) is 18.3. The summed E-state index contributed by atoms with van der Waals surface area (Å²) in [4.78, 5) is 36.6. The number of nitrogens with zero attached hydrogens (tertiary/aromatic N) is 1. The number of hydrogen-bond acceptors (Lipinski definition) is 6. The lowest BCUT2D eigenvalue weighted by atomic mass is 9.76. The highest BCUT2D eigenvalue weighted by molar-refractivity contribution is 7.11. The summed E-state index contributed by atoms with van der Waals surface area (Å²) < 4.78 is 0. The van der Waals surface area contributed by atoms with Gasteiger partial charge in [-0.1, -0.05) is 25.2 Å². The number of nitrogens with two attached hydrogens (primary N) is 1. The Kier molecular flexibility index (Phi) is 6.99. The molecule has 0 saturated heterocycles. The first-order valence-electron chi connectivity index (χ1n) is 7.28. The van der Waals surface area contributed by atoms with Crippen molar-refractivity contribution in [2.24, 2.45) is 11.1 Å². The Balaban J connectivity index is 0.000000254. The van der Waals surface area contributed by atoms with Crippen LogP contribution in [-0.4, -0.2) is 39.0 Å². The molecule has 4 N–H and O–H groups in total. The van der Waals surface area contributed by atoms with Gasteiger partial charge in [-0.05, 0) is 13.3 Å². The van der Waals surface area contributed by atoms with Crippen LogP contribution in [0.1, 0.15) is 36.5 Å². The highest BCUT2D eigenvalue weighted by Crippen LogP contribution is 2.30. The Labute approximate surface area is 143 Å². The van der Waals surface area contributed by atoms with E-state index in [2.05, 4.69) is 4.98 Å². The van der Waals surface area contributed by atoms with Gasteiger partial charge in [0.2, 0.25) is 0 Å². The van der Waals surface area contributed by atoms with E-state index in [0.29, 0.717) is 11.4 Å². The maximum absolute atomic E-state index is 11.1. The van der Waals surface area contributed by atoms with Crippen LogP contribution >= 0.6 is 11.3 Å². The molecular formula is C16H20N2O5S. The van der Waals surface area contributed by atoms with E-state index in [1.807, 2.05) is 12.3 Å². The van der Waals surface area contributed by atoms with Crippen molar-refractivity contribution in [3.05, 3.63) is 40.4 Å². The number of ketones is 1. The molecule has 0 radical (unpaired) electrons. The lowest BCUT2D eigenvalue weighted by molar-refractivity contribution is -0.146. The minimum Gasteiger partial charge on any atom is -0.481 e. The van der Waals surface area contributed by atoms with Crippen LogP contribution in [0.5, 0.6) is 0 Å². The van der Waals surface area contributed by atoms with Crippen molar-refractivity contribution in [1.82, 2.24) is 4.98 Å². The second-order valence-corrected chi connectivity index (χ2v) is 6.26. The largest absolute Gasteiger partial charge is 0.481 e. The second kappa shape index (κ2) is 8.51.